The largest absolute Gasteiger partial charge is 0.494 e. The highest BCUT2D eigenvalue weighted by molar-refractivity contribution is 5.96. The number of likely N-dealkylation sites (tertiary alicyclic amines) is 1. The first-order valence-electron chi connectivity index (χ1n) is 10.7. The van der Waals surface area contributed by atoms with Gasteiger partial charge in [0.15, 0.2) is 0 Å². The van der Waals surface area contributed by atoms with E-state index in [-0.39, 0.29) is 22.6 Å². The lowest BCUT2D eigenvalue weighted by atomic mass is 10.0. The topological polar surface area (TPSA) is 75.9 Å². The molecule has 0 aromatic heterocycles. The summed E-state index contributed by atoms with van der Waals surface area (Å²) in [7, 11) is 0. The lowest BCUT2D eigenvalue weighted by molar-refractivity contribution is -0.384. The Morgan fingerprint density at radius 2 is 1.83 bits per heavy atom. The van der Waals surface area contributed by atoms with Crippen LogP contribution in [-0.4, -0.2) is 42.0 Å². The number of hydrogen-bond donors (Lipinski definition) is 0. The summed E-state index contributed by atoms with van der Waals surface area (Å²) in [6.07, 6.45) is 3.87. The van der Waals surface area contributed by atoms with Gasteiger partial charge in [-0.3, -0.25) is 14.9 Å². The molecule has 0 saturated carbocycles. The highest BCUT2D eigenvalue weighted by Crippen LogP contribution is 2.36. The van der Waals surface area contributed by atoms with Crippen LogP contribution in [0.15, 0.2) is 42.5 Å². The minimum absolute atomic E-state index is 0.0135. The second kappa shape index (κ2) is 8.73. The summed E-state index contributed by atoms with van der Waals surface area (Å²) < 4.78 is 5.51. The Kier molecular flexibility index (Phi) is 5.88. The molecule has 2 aliphatic heterocycles. The molecule has 7 heteroatoms. The quantitative estimate of drug-likeness (QED) is 0.516. The Morgan fingerprint density at radius 1 is 1.10 bits per heavy atom. The first kappa shape index (κ1) is 20.2. The molecule has 2 aliphatic rings. The third-order valence-electron chi connectivity index (χ3n) is 5.96. The summed E-state index contributed by atoms with van der Waals surface area (Å²) in [6, 6.07) is 12.7. The molecule has 2 aromatic rings. The van der Waals surface area contributed by atoms with Crippen LogP contribution in [0.25, 0.3) is 0 Å². The van der Waals surface area contributed by atoms with Crippen LogP contribution in [0.2, 0.25) is 0 Å². The number of amides is 1. The van der Waals surface area contributed by atoms with Gasteiger partial charge in [0.05, 0.1) is 17.6 Å². The summed E-state index contributed by atoms with van der Waals surface area (Å²) >= 11 is 0. The summed E-state index contributed by atoms with van der Waals surface area (Å²) in [6.45, 7) is 4.84. The predicted molar refractivity (Wildman–Crippen MR) is 115 cm³/mol. The molecule has 0 radical (unpaired) electrons. The summed E-state index contributed by atoms with van der Waals surface area (Å²) in [4.78, 5) is 28.5. The van der Waals surface area contributed by atoms with Gasteiger partial charge in [-0.05, 0) is 62.4 Å². The number of anilines is 1. The molecule has 0 spiro atoms. The van der Waals surface area contributed by atoms with Gasteiger partial charge >= 0.3 is 0 Å². The first-order valence-corrected chi connectivity index (χ1v) is 10.7. The van der Waals surface area contributed by atoms with Crippen LogP contribution in [0.3, 0.4) is 0 Å². The zero-order valence-electron chi connectivity index (χ0n) is 17.3. The van der Waals surface area contributed by atoms with Crippen LogP contribution >= 0.6 is 0 Å². The van der Waals surface area contributed by atoms with Crippen molar-refractivity contribution < 1.29 is 14.5 Å². The lowest BCUT2D eigenvalue weighted by Gasteiger charge is -2.26. The molecule has 1 amide bonds. The molecule has 2 fully saturated rings. The van der Waals surface area contributed by atoms with Crippen molar-refractivity contribution in [3.05, 3.63) is 63.7 Å². The average Bonchev–Trinajstić information content (AvgIpc) is 3.46. The Morgan fingerprint density at radius 3 is 2.50 bits per heavy atom. The number of rotatable bonds is 6. The Hall–Kier alpha value is -3.09. The van der Waals surface area contributed by atoms with E-state index in [1.165, 1.54) is 6.07 Å². The molecule has 1 unspecified atom stereocenters. The molecule has 4 rings (SSSR count). The summed E-state index contributed by atoms with van der Waals surface area (Å²) in [5.74, 6) is 0.660. The predicted octanol–water partition coefficient (Wildman–Crippen LogP) is 4.57. The molecule has 0 N–H and O–H groups in total. The number of hydrogen-bond acceptors (Lipinski definition) is 5. The number of nitro benzene ring substituents is 1. The minimum Gasteiger partial charge on any atom is -0.494 e. The zero-order valence-corrected chi connectivity index (χ0v) is 17.3. The zero-order chi connectivity index (χ0) is 21.1. The fourth-order valence-corrected chi connectivity index (χ4v) is 4.50. The Bertz CT molecular complexity index is 923. The highest BCUT2D eigenvalue weighted by atomic mass is 16.6. The molecule has 0 bridgehead atoms. The summed E-state index contributed by atoms with van der Waals surface area (Å²) in [5.41, 5.74) is 2.06. The molecule has 2 saturated heterocycles. The van der Waals surface area contributed by atoms with Gasteiger partial charge in [-0.25, -0.2) is 0 Å². The van der Waals surface area contributed by atoms with Gasteiger partial charge in [0.25, 0.3) is 11.6 Å². The SMILES string of the molecule is CCOc1ccc(C2CCCN2C(=O)c2ccc(N3CCCC3)c([N+](=O)[O-])c2)cc1. The number of nitrogens with zero attached hydrogens (tertiary/aromatic N) is 3. The van der Waals surface area contributed by atoms with Gasteiger partial charge in [0.1, 0.15) is 11.4 Å². The van der Waals surface area contributed by atoms with Crippen molar-refractivity contribution in [2.24, 2.45) is 0 Å². The van der Waals surface area contributed by atoms with E-state index in [0.29, 0.717) is 24.4 Å². The van der Waals surface area contributed by atoms with E-state index in [1.807, 2.05) is 41.0 Å². The van der Waals surface area contributed by atoms with Crippen molar-refractivity contribution in [3.63, 3.8) is 0 Å². The maximum Gasteiger partial charge on any atom is 0.293 e. The van der Waals surface area contributed by atoms with Gasteiger partial charge in [-0.15, -0.1) is 0 Å². The molecule has 30 heavy (non-hydrogen) atoms. The highest BCUT2D eigenvalue weighted by Gasteiger charge is 2.32. The van der Waals surface area contributed by atoms with Crippen LogP contribution < -0.4 is 9.64 Å². The van der Waals surface area contributed by atoms with E-state index in [9.17, 15) is 14.9 Å². The van der Waals surface area contributed by atoms with Crippen molar-refractivity contribution in [3.8, 4) is 5.75 Å². The maximum atomic E-state index is 13.3. The molecule has 0 aliphatic carbocycles. The van der Waals surface area contributed by atoms with Gasteiger partial charge in [-0.2, -0.15) is 0 Å². The van der Waals surface area contributed by atoms with Crippen LogP contribution in [-0.2, 0) is 0 Å². The number of benzene rings is 2. The van der Waals surface area contributed by atoms with E-state index >= 15 is 0 Å². The van der Waals surface area contributed by atoms with Crippen molar-refractivity contribution in [2.45, 2.75) is 38.6 Å². The molecule has 1 atom stereocenters. The molecule has 158 valence electrons. The van der Waals surface area contributed by atoms with E-state index < -0.39 is 0 Å². The van der Waals surface area contributed by atoms with Crippen molar-refractivity contribution >= 4 is 17.3 Å². The third-order valence-corrected chi connectivity index (χ3v) is 5.96. The van der Waals surface area contributed by atoms with Crippen LogP contribution in [0.1, 0.15) is 54.6 Å². The lowest BCUT2D eigenvalue weighted by Crippen LogP contribution is -2.30. The summed E-state index contributed by atoms with van der Waals surface area (Å²) in [5, 5.41) is 11.7. The standard InChI is InChI=1S/C23H27N3O4/c1-2-30-19-10-7-17(8-11-19)20-6-5-15-25(20)23(27)18-9-12-21(22(16-18)26(28)29)24-13-3-4-14-24/h7-12,16,20H,2-6,13-15H2,1H3. The molecule has 7 nitrogen and oxygen atoms in total. The molecular formula is C23H27N3O4. The Labute approximate surface area is 176 Å². The number of carbonyl (C=O) groups is 1. The fraction of sp³-hybridized carbons (Fsp3) is 0.435. The number of nitro groups is 1. The van der Waals surface area contributed by atoms with Gasteiger partial charge in [-0.1, -0.05) is 12.1 Å². The Balaban J connectivity index is 1.58. The van der Waals surface area contributed by atoms with E-state index in [1.54, 1.807) is 12.1 Å². The number of carbonyl (C=O) groups excluding carboxylic acids is 1. The average molecular weight is 409 g/mol. The number of ether oxygens (including phenoxy) is 1. The minimum atomic E-state index is -0.377. The second-order valence-corrected chi connectivity index (χ2v) is 7.81. The van der Waals surface area contributed by atoms with Gasteiger partial charge in [0, 0.05) is 31.3 Å². The van der Waals surface area contributed by atoms with Gasteiger partial charge in [0.2, 0.25) is 0 Å². The van der Waals surface area contributed by atoms with Crippen LogP contribution in [0, 0.1) is 10.1 Å². The first-order chi connectivity index (χ1) is 14.6. The van der Waals surface area contributed by atoms with E-state index in [0.717, 1.165) is 50.1 Å². The third kappa shape index (κ3) is 3.97. The van der Waals surface area contributed by atoms with Crippen molar-refractivity contribution in [1.29, 1.82) is 0 Å². The van der Waals surface area contributed by atoms with Gasteiger partial charge < -0.3 is 14.5 Å². The van der Waals surface area contributed by atoms with Crippen LogP contribution in [0.5, 0.6) is 5.75 Å². The van der Waals surface area contributed by atoms with Crippen molar-refractivity contribution in [1.82, 2.24) is 4.90 Å². The smallest absolute Gasteiger partial charge is 0.293 e. The van der Waals surface area contributed by atoms with Crippen LogP contribution in [0.4, 0.5) is 11.4 Å². The van der Waals surface area contributed by atoms with E-state index in [4.69, 9.17) is 4.74 Å². The normalized spacial score (nSPS) is 18.6. The monoisotopic (exact) mass is 409 g/mol. The molecular weight excluding hydrogens is 382 g/mol. The van der Waals surface area contributed by atoms with E-state index in [2.05, 4.69) is 0 Å². The van der Waals surface area contributed by atoms with Crippen molar-refractivity contribution in [2.75, 3.05) is 31.1 Å². The maximum absolute atomic E-state index is 13.3. The molecule has 2 aromatic carbocycles. The second-order valence-electron chi connectivity index (χ2n) is 7.81. The fourth-order valence-electron chi connectivity index (χ4n) is 4.50. The molecule has 2 heterocycles.